The number of aliphatic hydroxyl groups excluding tert-OH is 1. The highest BCUT2D eigenvalue weighted by molar-refractivity contribution is 6.30. The van der Waals surface area contributed by atoms with Gasteiger partial charge in [0.1, 0.15) is 18.5 Å². The second-order valence-electron chi connectivity index (χ2n) is 7.80. The molecule has 0 aliphatic carbocycles. The van der Waals surface area contributed by atoms with Crippen molar-refractivity contribution in [2.24, 2.45) is 0 Å². The zero-order valence-electron chi connectivity index (χ0n) is 16.9. The summed E-state index contributed by atoms with van der Waals surface area (Å²) in [7, 11) is 0. The van der Waals surface area contributed by atoms with Crippen LogP contribution in [-0.2, 0) is 0 Å². The Kier molecular flexibility index (Phi) is 6.27. The summed E-state index contributed by atoms with van der Waals surface area (Å²) in [6.07, 6.45) is -0.583. The number of fused-ring (bicyclic) bond motifs is 1. The molecule has 30 heavy (non-hydrogen) atoms. The maximum absolute atomic E-state index is 11.4. The van der Waals surface area contributed by atoms with Crippen LogP contribution in [0.25, 0.3) is 10.9 Å². The summed E-state index contributed by atoms with van der Waals surface area (Å²) in [5.74, 6) is 0.675. The van der Waals surface area contributed by atoms with Crippen LogP contribution < -0.4 is 15.2 Å². The average molecular weight is 428 g/mol. The Hall–Kier alpha value is -2.54. The minimum atomic E-state index is -0.583. The normalized spacial score (nSPS) is 18.5. The maximum atomic E-state index is 11.4. The molecule has 1 aliphatic rings. The highest BCUT2D eigenvalue weighted by Gasteiger charge is 2.25. The largest absolute Gasteiger partial charge is 0.491 e. The summed E-state index contributed by atoms with van der Waals surface area (Å²) in [5, 5.41) is 12.1. The lowest BCUT2D eigenvalue weighted by molar-refractivity contribution is 0.0513. The Labute approximate surface area is 180 Å². The van der Waals surface area contributed by atoms with Gasteiger partial charge in [0.15, 0.2) is 0 Å². The number of aliphatic hydroxyl groups is 1. The van der Waals surface area contributed by atoms with E-state index in [9.17, 15) is 9.90 Å². The molecule has 2 N–H and O–H groups in total. The fraction of sp³-hybridized carbons (Fsp3) is 0.348. The van der Waals surface area contributed by atoms with Gasteiger partial charge in [-0.25, -0.2) is 0 Å². The highest BCUT2D eigenvalue weighted by atomic mass is 35.5. The summed E-state index contributed by atoms with van der Waals surface area (Å²) in [6.45, 7) is 5.65. The summed E-state index contributed by atoms with van der Waals surface area (Å²) in [5.41, 5.74) is 1.81. The molecule has 0 spiro atoms. The van der Waals surface area contributed by atoms with E-state index in [-0.39, 0.29) is 12.2 Å². The Balaban J connectivity index is 1.29. The van der Waals surface area contributed by atoms with Gasteiger partial charge in [-0.15, -0.1) is 0 Å². The van der Waals surface area contributed by atoms with E-state index in [2.05, 4.69) is 21.7 Å². The van der Waals surface area contributed by atoms with Gasteiger partial charge < -0.3 is 19.7 Å². The third kappa shape index (κ3) is 4.95. The number of rotatable bonds is 6. The van der Waals surface area contributed by atoms with Crippen molar-refractivity contribution < 1.29 is 9.84 Å². The molecular formula is C23H26ClN3O3. The molecule has 1 aliphatic heterocycles. The Morgan fingerprint density at radius 1 is 1.17 bits per heavy atom. The van der Waals surface area contributed by atoms with Crippen LogP contribution in [0.3, 0.4) is 0 Å². The molecule has 7 heteroatoms. The SMILES string of the molecule is CC1CN(c2ccc(Cl)cc2)CCN1C[C@H](O)COc1ccc2[nH]c(=O)ccc2c1. The van der Waals surface area contributed by atoms with Crippen LogP contribution >= 0.6 is 11.6 Å². The number of aromatic amines is 1. The first-order chi connectivity index (χ1) is 14.5. The maximum Gasteiger partial charge on any atom is 0.248 e. The van der Waals surface area contributed by atoms with Crippen LogP contribution in [0.5, 0.6) is 5.75 Å². The van der Waals surface area contributed by atoms with Gasteiger partial charge in [-0.2, -0.15) is 0 Å². The molecule has 2 heterocycles. The van der Waals surface area contributed by atoms with Crippen molar-refractivity contribution in [3.63, 3.8) is 0 Å². The number of piperazine rings is 1. The third-order valence-corrected chi connectivity index (χ3v) is 5.79. The van der Waals surface area contributed by atoms with E-state index < -0.39 is 6.10 Å². The van der Waals surface area contributed by atoms with Crippen LogP contribution in [0.4, 0.5) is 5.69 Å². The highest BCUT2D eigenvalue weighted by Crippen LogP contribution is 2.22. The number of hydrogen-bond acceptors (Lipinski definition) is 5. The number of benzene rings is 2. The predicted molar refractivity (Wildman–Crippen MR) is 121 cm³/mol. The molecule has 1 aromatic heterocycles. The van der Waals surface area contributed by atoms with E-state index >= 15 is 0 Å². The standard InChI is InChI=1S/C23H26ClN3O3/c1-16-13-27(19-5-3-18(24)4-6-19)11-10-26(16)14-20(28)15-30-21-7-8-22-17(12-21)2-9-23(29)25-22/h2-9,12,16,20,28H,10-11,13-15H2,1H3,(H,25,29)/t16?,20-/m0/s1. The number of hydrogen-bond donors (Lipinski definition) is 2. The summed E-state index contributed by atoms with van der Waals surface area (Å²) >= 11 is 5.99. The quantitative estimate of drug-likeness (QED) is 0.632. The molecule has 3 aromatic rings. The fourth-order valence-corrected chi connectivity index (χ4v) is 4.02. The molecule has 0 radical (unpaired) electrons. The summed E-state index contributed by atoms with van der Waals surface area (Å²) in [4.78, 5) is 18.8. The van der Waals surface area contributed by atoms with Gasteiger partial charge in [-0.3, -0.25) is 9.69 Å². The smallest absolute Gasteiger partial charge is 0.248 e. The van der Waals surface area contributed by atoms with Gasteiger partial charge in [0, 0.05) is 59.9 Å². The fourth-order valence-electron chi connectivity index (χ4n) is 3.89. The van der Waals surface area contributed by atoms with Crippen molar-refractivity contribution in [1.29, 1.82) is 0 Å². The molecule has 1 saturated heterocycles. The second-order valence-corrected chi connectivity index (χ2v) is 8.24. The second kappa shape index (κ2) is 9.08. The van der Waals surface area contributed by atoms with E-state index in [1.165, 1.54) is 11.8 Å². The molecule has 2 aromatic carbocycles. The van der Waals surface area contributed by atoms with Crippen molar-refractivity contribution in [3.8, 4) is 5.75 Å². The van der Waals surface area contributed by atoms with Crippen molar-refractivity contribution >= 4 is 28.2 Å². The number of pyridine rings is 1. The van der Waals surface area contributed by atoms with E-state index in [0.29, 0.717) is 18.3 Å². The molecule has 0 saturated carbocycles. The van der Waals surface area contributed by atoms with Crippen LogP contribution in [0.2, 0.25) is 5.02 Å². The number of nitrogens with one attached hydrogen (secondary N) is 1. The topological polar surface area (TPSA) is 68.8 Å². The zero-order valence-corrected chi connectivity index (χ0v) is 17.7. The predicted octanol–water partition coefficient (Wildman–Crippen LogP) is 3.13. The number of nitrogens with zero attached hydrogens (tertiary/aromatic N) is 2. The van der Waals surface area contributed by atoms with Gasteiger partial charge in [0.25, 0.3) is 0 Å². The first-order valence-electron chi connectivity index (χ1n) is 10.2. The van der Waals surface area contributed by atoms with Gasteiger partial charge in [-0.1, -0.05) is 11.6 Å². The van der Waals surface area contributed by atoms with Gasteiger partial charge >= 0.3 is 0 Å². The van der Waals surface area contributed by atoms with E-state index in [4.69, 9.17) is 16.3 Å². The molecule has 2 atom stereocenters. The number of β-amino-alcohol motifs (C(OH)–C–C–N with tert-alkyl or cyclic N) is 1. The summed E-state index contributed by atoms with van der Waals surface area (Å²) in [6, 6.07) is 17.0. The molecular weight excluding hydrogens is 402 g/mol. The van der Waals surface area contributed by atoms with Crippen LogP contribution in [0, 0.1) is 0 Å². The minimum absolute atomic E-state index is 0.128. The molecule has 158 valence electrons. The zero-order chi connectivity index (χ0) is 21.1. The van der Waals surface area contributed by atoms with Crippen LogP contribution in [0.1, 0.15) is 6.92 Å². The van der Waals surface area contributed by atoms with Gasteiger partial charge in [0.05, 0.1) is 0 Å². The Morgan fingerprint density at radius 3 is 2.73 bits per heavy atom. The van der Waals surface area contributed by atoms with E-state index in [1.807, 2.05) is 36.4 Å². The molecule has 0 amide bonds. The minimum Gasteiger partial charge on any atom is -0.491 e. The van der Waals surface area contributed by atoms with Gasteiger partial charge in [0.2, 0.25) is 5.56 Å². The molecule has 1 fully saturated rings. The summed E-state index contributed by atoms with van der Waals surface area (Å²) < 4.78 is 5.79. The van der Waals surface area contributed by atoms with E-state index in [1.54, 1.807) is 12.1 Å². The lowest BCUT2D eigenvalue weighted by Gasteiger charge is -2.41. The monoisotopic (exact) mass is 427 g/mol. The number of H-pyrrole nitrogens is 1. The van der Waals surface area contributed by atoms with Crippen molar-refractivity contribution in [1.82, 2.24) is 9.88 Å². The van der Waals surface area contributed by atoms with Gasteiger partial charge in [-0.05, 0) is 55.5 Å². The molecule has 0 bridgehead atoms. The first kappa shape index (κ1) is 20.7. The number of anilines is 1. The van der Waals surface area contributed by atoms with Crippen LogP contribution in [-0.4, -0.2) is 59.9 Å². The Bertz CT molecular complexity index is 1050. The number of halogens is 1. The first-order valence-corrected chi connectivity index (χ1v) is 10.5. The molecule has 6 nitrogen and oxygen atoms in total. The van der Waals surface area contributed by atoms with Crippen molar-refractivity contribution in [2.75, 3.05) is 37.7 Å². The lowest BCUT2D eigenvalue weighted by atomic mass is 10.1. The molecule has 1 unspecified atom stereocenters. The third-order valence-electron chi connectivity index (χ3n) is 5.54. The van der Waals surface area contributed by atoms with Crippen molar-refractivity contribution in [3.05, 3.63) is 70.0 Å². The van der Waals surface area contributed by atoms with Crippen LogP contribution in [0.15, 0.2) is 59.4 Å². The number of aromatic nitrogens is 1. The Morgan fingerprint density at radius 2 is 1.97 bits per heavy atom. The van der Waals surface area contributed by atoms with Crippen molar-refractivity contribution in [2.45, 2.75) is 19.1 Å². The molecule has 4 rings (SSSR count). The number of ether oxygens (including phenoxy) is 1. The van der Waals surface area contributed by atoms with E-state index in [0.717, 1.165) is 35.6 Å². The lowest BCUT2D eigenvalue weighted by Crippen LogP contribution is -2.54. The average Bonchev–Trinajstić information content (AvgIpc) is 2.74.